The van der Waals surface area contributed by atoms with E-state index in [0.29, 0.717) is 11.9 Å². The number of carbonyl (C=O) groups is 1. The minimum atomic E-state index is -4.89. The minimum Gasteiger partial charge on any atom is -0.405 e. The van der Waals surface area contributed by atoms with Crippen molar-refractivity contribution in [1.29, 1.82) is 0 Å². The van der Waals surface area contributed by atoms with Gasteiger partial charge in [0.1, 0.15) is 5.75 Å². The molecule has 12 heteroatoms. The summed E-state index contributed by atoms with van der Waals surface area (Å²) < 4.78 is 81.9. The maximum Gasteiger partial charge on any atom is 0.573 e. The molecule has 0 saturated heterocycles. The summed E-state index contributed by atoms with van der Waals surface area (Å²) in [5, 5.41) is 4.13. The smallest absolute Gasteiger partial charge is 0.405 e. The molecule has 0 N–H and O–H groups in total. The zero-order valence-corrected chi connectivity index (χ0v) is 18.3. The van der Waals surface area contributed by atoms with Gasteiger partial charge in [-0.05, 0) is 24.1 Å². The Bertz CT molecular complexity index is 1150. The number of para-hydroxylation sites is 1. The van der Waals surface area contributed by atoms with E-state index in [4.69, 9.17) is 0 Å². The summed E-state index contributed by atoms with van der Waals surface area (Å²) >= 11 is 0. The van der Waals surface area contributed by atoms with Gasteiger partial charge < -0.3 is 9.64 Å². The third-order valence-corrected chi connectivity index (χ3v) is 4.83. The molecule has 2 heterocycles. The van der Waals surface area contributed by atoms with Crippen LogP contribution in [0.5, 0.6) is 5.75 Å². The Kier molecular flexibility index (Phi) is 6.89. The van der Waals surface area contributed by atoms with Gasteiger partial charge in [-0.3, -0.25) is 4.79 Å². The quantitative estimate of drug-likeness (QED) is 0.427. The van der Waals surface area contributed by atoms with Crippen LogP contribution in [0.2, 0.25) is 0 Å². The zero-order chi connectivity index (χ0) is 25.3. The van der Waals surface area contributed by atoms with Gasteiger partial charge in [-0.1, -0.05) is 32.0 Å². The van der Waals surface area contributed by atoms with Crippen LogP contribution in [-0.4, -0.2) is 39.0 Å². The molecule has 34 heavy (non-hydrogen) atoms. The number of ether oxygens (including phenoxy) is 1. The van der Waals surface area contributed by atoms with Crippen molar-refractivity contribution in [3.8, 4) is 11.6 Å². The standard InChI is InChI=1S/C22H20F6N4O2/c1-13(2)19-16(11-30-32(19)18-9-8-15(10-29-18)21(23,24)25)20(33)31(3)12-14-6-4-5-7-17(14)34-22(26,27)28/h4-11,13H,12H2,1-3H3. The normalized spacial score (nSPS) is 12.2. The largest absolute Gasteiger partial charge is 0.573 e. The van der Waals surface area contributed by atoms with E-state index in [1.807, 2.05) is 0 Å². The highest BCUT2D eigenvalue weighted by molar-refractivity contribution is 5.95. The molecular formula is C22H20F6N4O2. The van der Waals surface area contributed by atoms with Gasteiger partial charge in [0, 0.05) is 25.4 Å². The van der Waals surface area contributed by atoms with E-state index in [1.165, 1.54) is 41.0 Å². The summed E-state index contributed by atoms with van der Waals surface area (Å²) in [5.74, 6) is -1.16. The van der Waals surface area contributed by atoms with E-state index in [1.54, 1.807) is 13.8 Å². The average Bonchev–Trinajstić information content (AvgIpc) is 3.18. The van der Waals surface area contributed by atoms with Crippen molar-refractivity contribution < 1.29 is 35.9 Å². The van der Waals surface area contributed by atoms with E-state index >= 15 is 0 Å². The molecule has 0 radical (unpaired) electrons. The molecular weight excluding hydrogens is 466 g/mol. The zero-order valence-electron chi connectivity index (χ0n) is 18.3. The highest BCUT2D eigenvalue weighted by Gasteiger charge is 2.33. The first-order valence-corrected chi connectivity index (χ1v) is 9.98. The Labute approximate surface area is 190 Å². The molecule has 0 aliphatic rings. The Balaban J connectivity index is 1.90. The van der Waals surface area contributed by atoms with Crippen molar-refractivity contribution in [1.82, 2.24) is 19.7 Å². The number of rotatable bonds is 6. The maximum absolute atomic E-state index is 13.1. The van der Waals surface area contributed by atoms with Gasteiger partial charge in [-0.2, -0.15) is 18.3 Å². The van der Waals surface area contributed by atoms with E-state index in [0.717, 1.165) is 18.2 Å². The van der Waals surface area contributed by atoms with Crippen molar-refractivity contribution in [2.24, 2.45) is 0 Å². The van der Waals surface area contributed by atoms with Gasteiger partial charge in [0.05, 0.1) is 23.0 Å². The molecule has 0 aliphatic heterocycles. The molecule has 0 atom stereocenters. The van der Waals surface area contributed by atoms with Crippen LogP contribution in [0.1, 0.15) is 46.9 Å². The molecule has 0 aliphatic carbocycles. The number of amides is 1. The van der Waals surface area contributed by atoms with E-state index in [9.17, 15) is 31.1 Å². The number of benzene rings is 1. The summed E-state index contributed by atoms with van der Waals surface area (Å²) in [7, 11) is 1.41. The third kappa shape index (κ3) is 5.67. The van der Waals surface area contributed by atoms with Crippen LogP contribution in [0.15, 0.2) is 48.8 Å². The van der Waals surface area contributed by atoms with Crippen molar-refractivity contribution >= 4 is 5.91 Å². The Hall–Kier alpha value is -3.57. The van der Waals surface area contributed by atoms with Gasteiger partial charge in [-0.15, -0.1) is 13.2 Å². The topological polar surface area (TPSA) is 60.3 Å². The number of hydrogen-bond donors (Lipinski definition) is 0. The molecule has 3 aromatic rings. The fourth-order valence-electron chi connectivity index (χ4n) is 3.33. The predicted octanol–water partition coefficient (Wildman–Crippen LogP) is 5.58. The summed E-state index contributed by atoms with van der Waals surface area (Å²) in [6.07, 6.45) is -7.51. The lowest BCUT2D eigenvalue weighted by Crippen LogP contribution is -2.28. The van der Waals surface area contributed by atoms with Crippen molar-refractivity contribution in [3.63, 3.8) is 0 Å². The van der Waals surface area contributed by atoms with Crippen LogP contribution in [0.3, 0.4) is 0 Å². The summed E-state index contributed by atoms with van der Waals surface area (Å²) in [5.41, 5.74) is -0.249. The summed E-state index contributed by atoms with van der Waals surface area (Å²) in [6.45, 7) is 3.34. The van der Waals surface area contributed by atoms with Crippen LogP contribution in [0.25, 0.3) is 5.82 Å². The molecule has 3 rings (SSSR count). The highest BCUT2D eigenvalue weighted by atomic mass is 19.4. The van der Waals surface area contributed by atoms with Crippen molar-refractivity contribution in [2.45, 2.75) is 38.8 Å². The Morgan fingerprint density at radius 1 is 1.06 bits per heavy atom. The molecule has 182 valence electrons. The first-order chi connectivity index (χ1) is 15.8. The van der Waals surface area contributed by atoms with Crippen LogP contribution in [0, 0.1) is 0 Å². The average molecular weight is 486 g/mol. The molecule has 0 saturated carbocycles. The fraction of sp³-hybridized carbons (Fsp3) is 0.318. The summed E-state index contributed by atoms with van der Waals surface area (Å²) in [4.78, 5) is 18.2. The van der Waals surface area contributed by atoms with Gasteiger partial charge in [0.2, 0.25) is 0 Å². The second-order valence-electron chi connectivity index (χ2n) is 7.73. The molecule has 0 spiro atoms. The maximum atomic E-state index is 13.1. The number of nitrogens with zero attached hydrogens (tertiary/aromatic N) is 4. The SMILES string of the molecule is CC(C)c1c(C(=O)N(C)Cc2ccccc2OC(F)(F)F)cnn1-c1ccc(C(F)(F)F)cn1. The minimum absolute atomic E-state index is 0.0855. The second-order valence-corrected chi connectivity index (χ2v) is 7.73. The lowest BCUT2D eigenvalue weighted by Gasteiger charge is -2.21. The van der Waals surface area contributed by atoms with Gasteiger partial charge in [0.25, 0.3) is 5.91 Å². The number of carbonyl (C=O) groups excluding carboxylic acids is 1. The molecule has 0 bridgehead atoms. The molecule has 6 nitrogen and oxygen atoms in total. The highest BCUT2D eigenvalue weighted by Crippen LogP contribution is 2.30. The van der Waals surface area contributed by atoms with Crippen LogP contribution in [0.4, 0.5) is 26.3 Å². The monoisotopic (exact) mass is 486 g/mol. The molecule has 1 amide bonds. The van der Waals surface area contributed by atoms with Gasteiger partial charge in [-0.25, -0.2) is 9.67 Å². The first-order valence-electron chi connectivity index (χ1n) is 9.98. The van der Waals surface area contributed by atoms with E-state index < -0.39 is 29.8 Å². The fourth-order valence-corrected chi connectivity index (χ4v) is 3.33. The van der Waals surface area contributed by atoms with Gasteiger partial charge in [0.15, 0.2) is 5.82 Å². The number of aromatic nitrogens is 3. The van der Waals surface area contributed by atoms with Crippen LogP contribution < -0.4 is 4.74 Å². The van der Waals surface area contributed by atoms with Crippen molar-refractivity contribution in [3.05, 3.63) is 71.2 Å². The summed E-state index contributed by atoms with van der Waals surface area (Å²) in [6, 6.07) is 7.46. The lowest BCUT2D eigenvalue weighted by molar-refractivity contribution is -0.275. The second kappa shape index (κ2) is 9.35. The molecule has 0 fully saturated rings. The first kappa shape index (κ1) is 25.1. The Morgan fingerprint density at radius 2 is 1.74 bits per heavy atom. The van der Waals surface area contributed by atoms with E-state index in [-0.39, 0.29) is 29.4 Å². The number of pyridine rings is 1. The van der Waals surface area contributed by atoms with Crippen molar-refractivity contribution in [2.75, 3.05) is 7.05 Å². The molecule has 0 unspecified atom stereocenters. The van der Waals surface area contributed by atoms with Gasteiger partial charge >= 0.3 is 12.5 Å². The van der Waals surface area contributed by atoms with Crippen LogP contribution >= 0.6 is 0 Å². The number of halogens is 6. The molecule has 2 aromatic heterocycles. The Morgan fingerprint density at radius 3 is 2.29 bits per heavy atom. The third-order valence-electron chi connectivity index (χ3n) is 4.83. The number of alkyl halides is 6. The number of hydrogen-bond acceptors (Lipinski definition) is 4. The molecule has 1 aromatic carbocycles. The predicted molar refractivity (Wildman–Crippen MR) is 109 cm³/mol. The van der Waals surface area contributed by atoms with E-state index in [2.05, 4.69) is 14.8 Å². The lowest BCUT2D eigenvalue weighted by atomic mass is 10.0. The van der Waals surface area contributed by atoms with Crippen LogP contribution in [-0.2, 0) is 12.7 Å².